The minimum Gasteiger partial charge on any atom is -0.480 e. The fraction of sp³-hybridized carbons (Fsp3) is 0.556. The number of rotatable bonds is 3. The summed E-state index contributed by atoms with van der Waals surface area (Å²) in [6, 6.07) is 8.57. The molecule has 5 nitrogen and oxygen atoms in total. The van der Waals surface area contributed by atoms with Gasteiger partial charge in [-0.2, -0.15) is 0 Å². The van der Waals surface area contributed by atoms with E-state index in [1.807, 2.05) is 30.3 Å². The van der Waals surface area contributed by atoms with Gasteiger partial charge in [0, 0.05) is 0 Å². The molecule has 1 aromatic rings. The molecule has 2 aliphatic rings. The van der Waals surface area contributed by atoms with Crippen molar-refractivity contribution < 1.29 is 19.4 Å². The number of hydrogen-bond acceptors (Lipinski definition) is 3. The highest BCUT2D eigenvalue weighted by Crippen LogP contribution is 2.42. The predicted molar refractivity (Wildman–Crippen MR) is 84.7 cm³/mol. The summed E-state index contributed by atoms with van der Waals surface area (Å²) >= 11 is 0. The van der Waals surface area contributed by atoms with Crippen LogP contribution in [0.1, 0.15) is 38.2 Å². The first kappa shape index (κ1) is 16.0. The lowest BCUT2D eigenvalue weighted by atomic mass is 9.83. The van der Waals surface area contributed by atoms with Crippen molar-refractivity contribution >= 4 is 11.9 Å². The van der Waals surface area contributed by atoms with Crippen LogP contribution in [0, 0.1) is 5.92 Å². The zero-order valence-corrected chi connectivity index (χ0v) is 13.4. The van der Waals surface area contributed by atoms with E-state index < -0.39 is 17.7 Å². The van der Waals surface area contributed by atoms with Crippen molar-refractivity contribution in [3.63, 3.8) is 0 Å². The minimum absolute atomic E-state index is 0.0875. The van der Waals surface area contributed by atoms with E-state index in [0.717, 1.165) is 31.2 Å². The predicted octanol–water partition coefficient (Wildman–Crippen LogP) is 2.45. The summed E-state index contributed by atoms with van der Waals surface area (Å²) in [4.78, 5) is 26.0. The van der Waals surface area contributed by atoms with Crippen molar-refractivity contribution in [2.24, 2.45) is 5.92 Å². The lowest BCUT2D eigenvalue weighted by Crippen LogP contribution is -2.55. The summed E-state index contributed by atoms with van der Waals surface area (Å²) < 4.78 is 5.90. The molecule has 1 saturated heterocycles. The molecule has 0 bridgehead atoms. The molecule has 1 amide bonds. The van der Waals surface area contributed by atoms with Crippen LogP contribution in [0.25, 0.3) is 0 Å². The van der Waals surface area contributed by atoms with Gasteiger partial charge in [-0.05, 0) is 37.2 Å². The van der Waals surface area contributed by atoms with Gasteiger partial charge >= 0.3 is 5.97 Å². The number of carboxylic acids is 1. The zero-order chi connectivity index (χ0) is 16.4. The lowest BCUT2D eigenvalue weighted by molar-refractivity contribution is -0.164. The topological polar surface area (TPSA) is 66.8 Å². The zero-order valence-electron chi connectivity index (χ0n) is 13.4. The maximum absolute atomic E-state index is 12.9. The fourth-order valence-corrected chi connectivity index (χ4v) is 3.70. The monoisotopic (exact) mass is 317 g/mol. The van der Waals surface area contributed by atoms with Crippen LogP contribution in [0.3, 0.4) is 0 Å². The first-order valence-electron chi connectivity index (χ1n) is 8.25. The Morgan fingerprint density at radius 2 is 1.91 bits per heavy atom. The average molecular weight is 317 g/mol. The van der Waals surface area contributed by atoms with Crippen LogP contribution in [0.4, 0.5) is 0 Å². The maximum atomic E-state index is 12.9. The molecule has 1 atom stereocenters. The smallest absolute Gasteiger partial charge is 0.328 e. The molecule has 3 rings (SSSR count). The van der Waals surface area contributed by atoms with E-state index in [-0.39, 0.29) is 18.9 Å². The van der Waals surface area contributed by atoms with E-state index in [9.17, 15) is 14.7 Å². The molecular formula is C18H23NO4. The second-order valence-electron chi connectivity index (χ2n) is 6.72. The summed E-state index contributed by atoms with van der Waals surface area (Å²) in [5.74, 6) is -0.545. The Balaban J connectivity index is 1.84. The third-order valence-corrected chi connectivity index (χ3v) is 5.07. The van der Waals surface area contributed by atoms with Gasteiger partial charge in [-0.1, -0.05) is 37.3 Å². The average Bonchev–Trinajstić information content (AvgIpc) is 2.91. The van der Waals surface area contributed by atoms with E-state index in [1.165, 1.54) is 4.90 Å². The Kier molecular flexibility index (Phi) is 4.39. The number of carboxylic acid groups (broad SMARTS) is 1. The molecule has 1 aromatic carbocycles. The Morgan fingerprint density at radius 1 is 1.26 bits per heavy atom. The molecule has 1 saturated carbocycles. The number of nitrogens with zero attached hydrogens (tertiary/aromatic N) is 1. The largest absolute Gasteiger partial charge is 0.480 e. The van der Waals surface area contributed by atoms with Gasteiger partial charge in [0.25, 0.3) is 0 Å². The highest BCUT2D eigenvalue weighted by molar-refractivity contribution is 5.86. The number of carbonyl (C=O) groups is 2. The molecule has 1 spiro atoms. The van der Waals surface area contributed by atoms with Gasteiger partial charge in [-0.3, -0.25) is 9.69 Å². The maximum Gasteiger partial charge on any atom is 0.328 e. The normalized spacial score (nSPS) is 30.6. The molecule has 124 valence electrons. The number of carbonyl (C=O) groups excluding carboxylic acids is 1. The molecule has 1 aliphatic heterocycles. The summed E-state index contributed by atoms with van der Waals surface area (Å²) in [6.45, 7) is 2.27. The highest BCUT2D eigenvalue weighted by Gasteiger charge is 2.53. The molecular weight excluding hydrogens is 294 g/mol. The summed E-state index contributed by atoms with van der Waals surface area (Å²) in [7, 11) is 0. The van der Waals surface area contributed by atoms with Crippen molar-refractivity contribution in [1.82, 2.24) is 4.90 Å². The quantitative estimate of drug-likeness (QED) is 0.930. The molecule has 0 aromatic heterocycles. The van der Waals surface area contributed by atoms with Crippen LogP contribution in [0.15, 0.2) is 30.3 Å². The molecule has 0 radical (unpaired) electrons. The number of amides is 1. The van der Waals surface area contributed by atoms with E-state index in [1.54, 1.807) is 0 Å². The highest BCUT2D eigenvalue weighted by atomic mass is 16.5. The number of ether oxygens (including phenoxy) is 1. The third kappa shape index (κ3) is 3.11. The molecule has 23 heavy (non-hydrogen) atoms. The third-order valence-electron chi connectivity index (χ3n) is 5.07. The first-order chi connectivity index (χ1) is 11.0. The van der Waals surface area contributed by atoms with Gasteiger partial charge in [-0.25, -0.2) is 4.79 Å². The second-order valence-corrected chi connectivity index (χ2v) is 6.72. The lowest BCUT2D eigenvalue weighted by Gasteiger charge is -2.42. The Labute approximate surface area is 136 Å². The van der Waals surface area contributed by atoms with Gasteiger partial charge in [0.1, 0.15) is 5.72 Å². The van der Waals surface area contributed by atoms with Gasteiger partial charge in [0.2, 0.25) is 5.91 Å². The summed E-state index contributed by atoms with van der Waals surface area (Å²) in [5, 5.41) is 9.49. The van der Waals surface area contributed by atoms with Gasteiger partial charge < -0.3 is 9.84 Å². The van der Waals surface area contributed by atoms with Crippen LogP contribution < -0.4 is 0 Å². The van der Waals surface area contributed by atoms with Crippen molar-refractivity contribution in [3.8, 4) is 0 Å². The van der Waals surface area contributed by atoms with Crippen molar-refractivity contribution in [2.75, 3.05) is 6.61 Å². The standard InChI is InChI=1S/C18H23NO4/c1-13-7-9-18(10-8-13)19(15(12-23-18)17(21)22)16(20)11-14-5-3-2-4-6-14/h2-6,13,15H,7-12H2,1H3,(H,21,22)/t13?,15-,18?/m0/s1. The number of hydrogen-bond donors (Lipinski definition) is 1. The van der Waals surface area contributed by atoms with Crippen LogP contribution in [-0.2, 0) is 20.7 Å². The van der Waals surface area contributed by atoms with Crippen LogP contribution in [0.5, 0.6) is 0 Å². The Bertz CT molecular complexity index is 578. The Hall–Kier alpha value is -1.88. The van der Waals surface area contributed by atoms with Gasteiger partial charge in [0.05, 0.1) is 13.0 Å². The summed E-state index contributed by atoms with van der Waals surface area (Å²) in [5.41, 5.74) is 0.175. The van der Waals surface area contributed by atoms with E-state index in [0.29, 0.717) is 5.92 Å². The number of benzene rings is 1. The molecule has 1 N–H and O–H groups in total. The first-order valence-corrected chi connectivity index (χ1v) is 8.25. The molecule has 5 heteroatoms. The van der Waals surface area contributed by atoms with E-state index >= 15 is 0 Å². The second kappa shape index (κ2) is 6.32. The van der Waals surface area contributed by atoms with Crippen LogP contribution in [-0.4, -0.2) is 40.3 Å². The van der Waals surface area contributed by atoms with Crippen molar-refractivity contribution in [2.45, 2.75) is 50.8 Å². The Morgan fingerprint density at radius 3 is 2.52 bits per heavy atom. The van der Waals surface area contributed by atoms with Crippen molar-refractivity contribution in [1.29, 1.82) is 0 Å². The van der Waals surface area contributed by atoms with E-state index in [4.69, 9.17) is 4.74 Å². The molecule has 1 heterocycles. The SMILES string of the molecule is CC1CCC2(CC1)OC[C@@H](C(=O)O)N2C(=O)Cc1ccccc1. The van der Waals surface area contributed by atoms with E-state index in [2.05, 4.69) is 6.92 Å². The van der Waals surface area contributed by atoms with Crippen molar-refractivity contribution in [3.05, 3.63) is 35.9 Å². The molecule has 1 aliphatic carbocycles. The van der Waals surface area contributed by atoms with Gasteiger partial charge in [-0.15, -0.1) is 0 Å². The fourth-order valence-electron chi connectivity index (χ4n) is 3.70. The van der Waals surface area contributed by atoms with Gasteiger partial charge in [0.15, 0.2) is 6.04 Å². The molecule has 2 fully saturated rings. The number of aliphatic carboxylic acids is 1. The van der Waals surface area contributed by atoms with Crippen LogP contribution >= 0.6 is 0 Å². The van der Waals surface area contributed by atoms with Crippen LogP contribution in [0.2, 0.25) is 0 Å². The summed E-state index contributed by atoms with van der Waals surface area (Å²) in [6.07, 6.45) is 3.57. The minimum atomic E-state index is -0.984. The molecule has 0 unspecified atom stereocenters.